The standard InChI is InChI=1S/C17H18O3/c1-3-20-16(18)17(14-8-5-4-6-9-14)12-7-10-15(19-2)11-13-17/h4-13H,3H2,1-2H3. The van der Waals surface area contributed by atoms with E-state index in [4.69, 9.17) is 9.47 Å². The minimum atomic E-state index is -0.909. The van der Waals surface area contributed by atoms with Crippen molar-refractivity contribution < 1.29 is 14.3 Å². The molecular weight excluding hydrogens is 252 g/mol. The molecular formula is C17H18O3. The highest BCUT2D eigenvalue weighted by Gasteiger charge is 2.37. The fourth-order valence-corrected chi connectivity index (χ4v) is 2.17. The van der Waals surface area contributed by atoms with Crippen molar-refractivity contribution in [1.29, 1.82) is 0 Å². The fraction of sp³-hybridized carbons (Fsp3) is 0.235. The maximum absolute atomic E-state index is 12.5. The van der Waals surface area contributed by atoms with Gasteiger partial charge in [0.05, 0.1) is 13.7 Å². The average molecular weight is 270 g/mol. The molecule has 0 saturated heterocycles. The molecule has 1 aromatic carbocycles. The Hall–Kier alpha value is -2.29. The zero-order valence-corrected chi connectivity index (χ0v) is 11.7. The van der Waals surface area contributed by atoms with Crippen molar-refractivity contribution in [3.63, 3.8) is 0 Å². The first-order valence-corrected chi connectivity index (χ1v) is 6.58. The molecule has 0 bridgehead atoms. The first-order chi connectivity index (χ1) is 9.73. The number of allylic oxidation sites excluding steroid dienone is 3. The van der Waals surface area contributed by atoms with Crippen LogP contribution in [0.5, 0.6) is 0 Å². The average Bonchev–Trinajstić information content (AvgIpc) is 2.71. The molecule has 1 aromatic rings. The van der Waals surface area contributed by atoms with E-state index in [0.717, 1.165) is 5.56 Å². The van der Waals surface area contributed by atoms with Crippen LogP contribution in [0.4, 0.5) is 0 Å². The van der Waals surface area contributed by atoms with Gasteiger partial charge in [0.15, 0.2) is 0 Å². The molecule has 0 spiro atoms. The van der Waals surface area contributed by atoms with Crippen LogP contribution in [0, 0.1) is 0 Å². The molecule has 1 aliphatic carbocycles. The highest BCUT2D eigenvalue weighted by atomic mass is 16.5. The second-order valence-corrected chi connectivity index (χ2v) is 4.42. The van der Waals surface area contributed by atoms with Crippen molar-refractivity contribution in [2.75, 3.05) is 13.7 Å². The Morgan fingerprint density at radius 1 is 1.20 bits per heavy atom. The number of rotatable bonds is 4. The van der Waals surface area contributed by atoms with Gasteiger partial charge in [0.25, 0.3) is 0 Å². The molecule has 0 heterocycles. The normalized spacial score (nSPS) is 21.0. The van der Waals surface area contributed by atoms with Gasteiger partial charge in [-0.05, 0) is 24.6 Å². The van der Waals surface area contributed by atoms with Crippen LogP contribution >= 0.6 is 0 Å². The van der Waals surface area contributed by atoms with Gasteiger partial charge >= 0.3 is 5.97 Å². The van der Waals surface area contributed by atoms with Crippen LogP contribution in [0.2, 0.25) is 0 Å². The number of carbonyl (C=O) groups is 1. The highest BCUT2D eigenvalue weighted by molar-refractivity contribution is 5.89. The van der Waals surface area contributed by atoms with E-state index in [1.807, 2.05) is 54.6 Å². The molecule has 0 N–H and O–H groups in total. The van der Waals surface area contributed by atoms with Gasteiger partial charge in [-0.15, -0.1) is 0 Å². The molecule has 0 amide bonds. The Bertz CT molecular complexity index is 555. The number of methoxy groups -OCH3 is 1. The number of hydrogen-bond acceptors (Lipinski definition) is 3. The molecule has 1 unspecified atom stereocenters. The molecule has 1 aliphatic rings. The summed E-state index contributed by atoms with van der Waals surface area (Å²) in [4.78, 5) is 12.5. The predicted molar refractivity (Wildman–Crippen MR) is 78.1 cm³/mol. The maximum atomic E-state index is 12.5. The summed E-state index contributed by atoms with van der Waals surface area (Å²) in [7, 11) is 1.60. The van der Waals surface area contributed by atoms with Crippen molar-refractivity contribution in [2.24, 2.45) is 0 Å². The van der Waals surface area contributed by atoms with E-state index >= 15 is 0 Å². The molecule has 104 valence electrons. The van der Waals surface area contributed by atoms with Crippen molar-refractivity contribution >= 4 is 5.97 Å². The van der Waals surface area contributed by atoms with E-state index < -0.39 is 5.41 Å². The van der Waals surface area contributed by atoms with E-state index in [-0.39, 0.29) is 5.97 Å². The van der Waals surface area contributed by atoms with Crippen LogP contribution in [-0.2, 0) is 19.7 Å². The number of esters is 1. The topological polar surface area (TPSA) is 35.5 Å². The lowest BCUT2D eigenvalue weighted by Crippen LogP contribution is -2.33. The van der Waals surface area contributed by atoms with Crippen LogP contribution in [-0.4, -0.2) is 19.7 Å². The van der Waals surface area contributed by atoms with Gasteiger partial charge in [0.2, 0.25) is 0 Å². The molecule has 1 atom stereocenters. The van der Waals surface area contributed by atoms with Gasteiger partial charge in [-0.2, -0.15) is 0 Å². The number of ether oxygens (including phenoxy) is 2. The summed E-state index contributed by atoms with van der Waals surface area (Å²) in [6.45, 7) is 2.15. The lowest BCUT2D eigenvalue weighted by atomic mass is 9.80. The van der Waals surface area contributed by atoms with Gasteiger partial charge in [0, 0.05) is 0 Å². The van der Waals surface area contributed by atoms with E-state index in [1.165, 1.54) is 0 Å². The van der Waals surface area contributed by atoms with Gasteiger partial charge in [-0.1, -0.05) is 48.6 Å². The van der Waals surface area contributed by atoms with Crippen LogP contribution in [0.3, 0.4) is 0 Å². The SMILES string of the molecule is CCOC(=O)C1(c2ccccc2)C=CC=C(OC)C=C1. The third-order valence-electron chi connectivity index (χ3n) is 3.23. The van der Waals surface area contributed by atoms with E-state index in [1.54, 1.807) is 20.1 Å². The number of carbonyl (C=O) groups excluding carboxylic acids is 1. The molecule has 20 heavy (non-hydrogen) atoms. The van der Waals surface area contributed by atoms with Crippen molar-refractivity contribution in [1.82, 2.24) is 0 Å². The van der Waals surface area contributed by atoms with Crippen LogP contribution < -0.4 is 0 Å². The Morgan fingerprint density at radius 3 is 2.60 bits per heavy atom. The summed E-state index contributed by atoms with van der Waals surface area (Å²) in [5, 5.41) is 0. The minimum Gasteiger partial charge on any atom is -0.497 e. The Morgan fingerprint density at radius 2 is 1.95 bits per heavy atom. The van der Waals surface area contributed by atoms with Gasteiger partial charge in [0.1, 0.15) is 11.2 Å². The lowest BCUT2D eigenvalue weighted by Gasteiger charge is -2.25. The van der Waals surface area contributed by atoms with Crippen molar-refractivity contribution in [3.8, 4) is 0 Å². The number of hydrogen-bond donors (Lipinski definition) is 0. The molecule has 0 aromatic heterocycles. The third kappa shape index (κ3) is 2.67. The molecule has 3 heteroatoms. The smallest absolute Gasteiger partial charge is 0.324 e. The second kappa shape index (κ2) is 6.24. The van der Waals surface area contributed by atoms with Gasteiger partial charge < -0.3 is 9.47 Å². The fourth-order valence-electron chi connectivity index (χ4n) is 2.17. The molecule has 0 saturated carbocycles. The third-order valence-corrected chi connectivity index (χ3v) is 3.23. The summed E-state index contributed by atoms with van der Waals surface area (Å²) in [5.74, 6) is 0.410. The molecule has 0 aliphatic heterocycles. The zero-order chi connectivity index (χ0) is 14.4. The quantitative estimate of drug-likeness (QED) is 0.788. The largest absolute Gasteiger partial charge is 0.497 e. The summed E-state index contributed by atoms with van der Waals surface area (Å²) < 4.78 is 10.5. The molecule has 0 radical (unpaired) electrons. The monoisotopic (exact) mass is 270 g/mol. The first kappa shape index (κ1) is 14.1. The van der Waals surface area contributed by atoms with Crippen LogP contribution in [0.1, 0.15) is 12.5 Å². The first-order valence-electron chi connectivity index (χ1n) is 6.58. The van der Waals surface area contributed by atoms with Crippen molar-refractivity contribution in [3.05, 3.63) is 72.0 Å². The maximum Gasteiger partial charge on any atom is 0.324 e. The molecule has 3 nitrogen and oxygen atoms in total. The van der Waals surface area contributed by atoms with Crippen LogP contribution in [0.25, 0.3) is 0 Å². The van der Waals surface area contributed by atoms with Gasteiger partial charge in [-0.3, -0.25) is 4.79 Å². The lowest BCUT2D eigenvalue weighted by molar-refractivity contribution is -0.146. The summed E-state index contributed by atoms with van der Waals surface area (Å²) in [5.41, 5.74) is -0.0367. The Kier molecular flexibility index (Phi) is 4.41. The number of benzene rings is 1. The Labute approximate surface area is 119 Å². The summed E-state index contributed by atoms with van der Waals surface area (Å²) in [6, 6.07) is 9.58. The Balaban J connectivity index is 2.50. The van der Waals surface area contributed by atoms with Crippen molar-refractivity contribution in [2.45, 2.75) is 12.3 Å². The van der Waals surface area contributed by atoms with E-state index in [2.05, 4.69) is 0 Å². The predicted octanol–water partition coefficient (Wildman–Crippen LogP) is 3.14. The zero-order valence-electron chi connectivity index (χ0n) is 11.7. The molecule has 2 rings (SSSR count). The minimum absolute atomic E-state index is 0.288. The second-order valence-electron chi connectivity index (χ2n) is 4.42. The van der Waals surface area contributed by atoms with Gasteiger partial charge in [-0.25, -0.2) is 0 Å². The summed E-state index contributed by atoms with van der Waals surface area (Å²) in [6.07, 6.45) is 9.09. The highest BCUT2D eigenvalue weighted by Crippen LogP contribution is 2.31. The summed E-state index contributed by atoms with van der Waals surface area (Å²) >= 11 is 0. The van der Waals surface area contributed by atoms with E-state index in [0.29, 0.717) is 12.4 Å². The van der Waals surface area contributed by atoms with Crippen LogP contribution in [0.15, 0.2) is 66.5 Å². The molecule has 0 fully saturated rings. The van der Waals surface area contributed by atoms with E-state index in [9.17, 15) is 4.79 Å².